The Morgan fingerprint density at radius 3 is 2.42 bits per heavy atom. The number of nitrogens with one attached hydrogen (secondary N) is 2. The molecular formula is C15H21ClN2O5S. The van der Waals surface area contributed by atoms with Crippen LogP contribution >= 0.6 is 11.6 Å². The van der Waals surface area contributed by atoms with Crippen molar-refractivity contribution in [1.82, 2.24) is 10.0 Å². The van der Waals surface area contributed by atoms with E-state index in [4.69, 9.17) is 11.6 Å². The first kappa shape index (κ1) is 20.2. The van der Waals surface area contributed by atoms with Gasteiger partial charge in [0.05, 0.1) is 5.56 Å². The summed E-state index contributed by atoms with van der Waals surface area (Å²) in [7, 11) is -4.40. The quantitative estimate of drug-likeness (QED) is 0.633. The second kappa shape index (κ2) is 8.34. The number of benzene rings is 1. The minimum absolute atomic E-state index is 0.127. The molecule has 0 saturated carbocycles. The Labute approximate surface area is 146 Å². The lowest BCUT2D eigenvalue weighted by atomic mass is 10.0. The molecule has 0 radical (unpaired) electrons. The van der Waals surface area contributed by atoms with E-state index in [0.717, 1.165) is 12.5 Å². The molecule has 0 fully saturated rings. The minimum atomic E-state index is -4.40. The number of amides is 2. The first-order chi connectivity index (χ1) is 11.1. The van der Waals surface area contributed by atoms with Gasteiger partial charge in [0.1, 0.15) is 4.90 Å². The van der Waals surface area contributed by atoms with Crippen LogP contribution in [0.4, 0.5) is 4.79 Å². The van der Waals surface area contributed by atoms with Gasteiger partial charge in [-0.1, -0.05) is 38.8 Å². The third kappa shape index (κ3) is 4.85. The van der Waals surface area contributed by atoms with Crippen molar-refractivity contribution >= 4 is 33.6 Å². The standard InChI is InChI=1S/C15H21ClN2O5S/c1-4-5-8-17-15(21)18-24(22,23)13-10(14(19)20)6-7-11(16)12(13)9(2)3/h6-7,9H,4-5,8H2,1-3H3,(H,19,20)(H2,17,18,21). The molecule has 7 nitrogen and oxygen atoms in total. The summed E-state index contributed by atoms with van der Waals surface area (Å²) in [4.78, 5) is 22.7. The number of rotatable bonds is 7. The summed E-state index contributed by atoms with van der Waals surface area (Å²) < 4.78 is 27.0. The monoisotopic (exact) mass is 376 g/mol. The van der Waals surface area contributed by atoms with Gasteiger partial charge >= 0.3 is 12.0 Å². The fourth-order valence-electron chi connectivity index (χ4n) is 2.16. The zero-order valence-electron chi connectivity index (χ0n) is 13.7. The summed E-state index contributed by atoms with van der Waals surface area (Å²) in [5.41, 5.74) is -0.276. The van der Waals surface area contributed by atoms with Gasteiger partial charge in [0, 0.05) is 11.6 Å². The Morgan fingerprint density at radius 1 is 1.29 bits per heavy atom. The van der Waals surface area contributed by atoms with Crippen LogP contribution in [0, 0.1) is 0 Å². The Kier molecular flexibility index (Phi) is 7.04. The number of unbranched alkanes of at least 4 members (excludes halogenated alkanes) is 1. The molecule has 0 saturated heterocycles. The van der Waals surface area contributed by atoms with Gasteiger partial charge in [0.2, 0.25) is 0 Å². The van der Waals surface area contributed by atoms with Crippen molar-refractivity contribution < 1.29 is 23.1 Å². The summed E-state index contributed by atoms with van der Waals surface area (Å²) in [6.07, 6.45) is 1.53. The van der Waals surface area contributed by atoms with Crippen molar-refractivity contribution in [2.75, 3.05) is 6.54 Å². The van der Waals surface area contributed by atoms with Gasteiger partial charge in [0.15, 0.2) is 0 Å². The molecule has 3 N–H and O–H groups in total. The summed E-state index contributed by atoms with van der Waals surface area (Å²) >= 11 is 6.06. The number of carbonyl (C=O) groups excluding carboxylic acids is 1. The first-order valence-corrected chi connectivity index (χ1v) is 9.34. The highest BCUT2D eigenvalue weighted by Gasteiger charge is 2.30. The molecule has 0 aliphatic rings. The molecule has 0 spiro atoms. The number of hydrogen-bond donors (Lipinski definition) is 3. The topological polar surface area (TPSA) is 113 Å². The predicted octanol–water partition coefficient (Wildman–Crippen LogP) is 2.95. The Bertz CT molecular complexity index is 732. The van der Waals surface area contributed by atoms with E-state index in [2.05, 4.69) is 5.32 Å². The summed E-state index contributed by atoms with van der Waals surface area (Å²) in [6, 6.07) is 1.54. The van der Waals surface area contributed by atoms with Gasteiger partial charge < -0.3 is 10.4 Å². The Morgan fingerprint density at radius 2 is 1.92 bits per heavy atom. The van der Waals surface area contributed by atoms with Crippen LogP contribution < -0.4 is 10.0 Å². The molecule has 1 rings (SSSR count). The highest BCUT2D eigenvalue weighted by molar-refractivity contribution is 7.90. The van der Waals surface area contributed by atoms with E-state index in [1.807, 2.05) is 11.6 Å². The molecule has 0 heterocycles. The lowest BCUT2D eigenvalue weighted by molar-refractivity contribution is 0.0692. The first-order valence-electron chi connectivity index (χ1n) is 7.48. The maximum absolute atomic E-state index is 12.6. The van der Waals surface area contributed by atoms with Crippen molar-refractivity contribution in [2.45, 2.75) is 44.4 Å². The second-order valence-electron chi connectivity index (χ2n) is 5.51. The highest BCUT2D eigenvalue weighted by atomic mass is 35.5. The van der Waals surface area contributed by atoms with Crippen molar-refractivity contribution in [3.05, 3.63) is 28.3 Å². The molecule has 2 amide bonds. The van der Waals surface area contributed by atoms with Crippen LogP contribution in [0.15, 0.2) is 17.0 Å². The van der Waals surface area contributed by atoms with Crippen LogP contribution in [0.2, 0.25) is 5.02 Å². The van der Waals surface area contributed by atoms with Crippen molar-refractivity contribution in [3.8, 4) is 0 Å². The molecule has 0 aliphatic heterocycles. The van der Waals surface area contributed by atoms with Crippen molar-refractivity contribution in [3.63, 3.8) is 0 Å². The van der Waals surface area contributed by atoms with Crippen LogP contribution in [-0.4, -0.2) is 32.1 Å². The molecule has 24 heavy (non-hydrogen) atoms. The lowest BCUT2D eigenvalue weighted by Gasteiger charge is -2.18. The normalized spacial score (nSPS) is 11.4. The van der Waals surface area contributed by atoms with E-state index in [1.54, 1.807) is 13.8 Å². The van der Waals surface area contributed by atoms with Gasteiger partial charge in [-0.05, 0) is 30.0 Å². The minimum Gasteiger partial charge on any atom is -0.478 e. The third-order valence-corrected chi connectivity index (χ3v) is 5.02. The number of carboxylic acid groups (broad SMARTS) is 1. The summed E-state index contributed by atoms with van der Waals surface area (Å²) in [5, 5.41) is 11.8. The SMILES string of the molecule is CCCCNC(=O)NS(=O)(=O)c1c(C(=O)O)ccc(Cl)c1C(C)C. The fraction of sp³-hybridized carbons (Fsp3) is 0.467. The molecule has 0 unspecified atom stereocenters. The molecule has 1 aromatic carbocycles. The summed E-state index contributed by atoms with van der Waals surface area (Å²) in [6.45, 7) is 5.62. The van der Waals surface area contributed by atoms with E-state index in [9.17, 15) is 23.1 Å². The highest BCUT2D eigenvalue weighted by Crippen LogP contribution is 2.33. The third-order valence-electron chi connectivity index (χ3n) is 3.26. The zero-order valence-corrected chi connectivity index (χ0v) is 15.3. The van der Waals surface area contributed by atoms with Gasteiger partial charge in [-0.15, -0.1) is 0 Å². The molecule has 0 atom stereocenters. The Hall–Kier alpha value is -1.80. The average molecular weight is 377 g/mol. The maximum atomic E-state index is 12.6. The van der Waals surface area contributed by atoms with Crippen molar-refractivity contribution in [2.24, 2.45) is 0 Å². The number of carboxylic acids is 1. The molecule has 0 aliphatic carbocycles. The zero-order chi connectivity index (χ0) is 18.5. The molecule has 0 bridgehead atoms. The number of sulfonamides is 1. The number of hydrogen-bond acceptors (Lipinski definition) is 4. The van der Waals surface area contributed by atoms with Gasteiger partial charge in [-0.2, -0.15) is 0 Å². The number of halogens is 1. The second-order valence-corrected chi connectivity index (χ2v) is 7.54. The number of aromatic carboxylic acids is 1. The van der Waals surface area contributed by atoms with Crippen LogP contribution in [0.3, 0.4) is 0 Å². The van der Waals surface area contributed by atoms with Crippen LogP contribution in [0.5, 0.6) is 0 Å². The largest absolute Gasteiger partial charge is 0.478 e. The smallest absolute Gasteiger partial charge is 0.337 e. The molecular weight excluding hydrogens is 356 g/mol. The molecule has 134 valence electrons. The predicted molar refractivity (Wildman–Crippen MR) is 91.1 cm³/mol. The maximum Gasteiger partial charge on any atom is 0.337 e. The van der Waals surface area contributed by atoms with E-state index < -0.39 is 32.5 Å². The van der Waals surface area contributed by atoms with E-state index in [-0.39, 0.29) is 16.5 Å². The van der Waals surface area contributed by atoms with Crippen LogP contribution in [0.1, 0.15) is 55.5 Å². The van der Waals surface area contributed by atoms with Gasteiger partial charge in [-0.25, -0.2) is 22.7 Å². The van der Waals surface area contributed by atoms with Crippen LogP contribution in [0.25, 0.3) is 0 Å². The van der Waals surface area contributed by atoms with Crippen molar-refractivity contribution in [1.29, 1.82) is 0 Å². The summed E-state index contributed by atoms with van der Waals surface area (Å²) in [5.74, 6) is -1.77. The molecule has 9 heteroatoms. The van der Waals surface area contributed by atoms with E-state index in [0.29, 0.717) is 13.0 Å². The molecule has 0 aromatic heterocycles. The fourth-order valence-corrected chi connectivity index (χ4v) is 4.09. The number of urea groups is 1. The number of carbonyl (C=O) groups is 2. The van der Waals surface area contributed by atoms with E-state index >= 15 is 0 Å². The average Bonchev–Trinajstić information content (AvgIpc) is 2.45. The lowest BCUT2D eigenvalue weighted by Crippen LogP contribution is -2.40. The molecule has 1 aromatic rings. The van der Waals surface area contributed by atoms with Crippen LogP contribution in [-0.2, 0) is 10.0 Å². The van der Waals surface area contributed by atoms with E-state index in [1.165, 1.54) is 6.07 Å². The van der Waals surface area contributed by atoms with Gasteiger partial charge in [-0.3, -0.25) is 0 Å². The Balaban J connectivity index is 3.34. The van der Waals surface area contributed by atoms with Gasteiger partial charge in [0.25, 0.3) is 10.0 Å².